The summed E-state index contributed by atoms with van der Waals surface area (Å²) in [7, 11) is 1.49. The first-order valence-electron chi connectivity index (χ1n) is 6.60. The van der Waals surface area contributed by atoms with Crippen molar-refractivity contribution in [3.63, 3.8) is 0 Å². The molecule has 0 unspecified atom stereocenters. The molecule has 5 nitrogen and oxygen atoms in total. The third-order valence-electron chi connectivity index (χ3n) is 3.35. The van der Waals surface area contributed by atoms with Gasteiger partial charge < -0.3 is 4.74 Å². The Bertz CT molecular complexity index is 937. The molecule has 2 aromatic carbocycles. The Hall–Kier alpha value is -2.68. The van der Waals surface area contributed by atoms with E-state index in [1.165, 1.54) is 7.11 Å². The number of halogens is 3. The highest BCUT2D eigenvalue weighted by molar-refractivity contribution is 7.21. The minimum absolute atomic E-state index is 0.139. The number of rotatable bonds is 3. The van der Waals surface area contributed by atoms with Gasteiger partial charge in [0.05, 0.1) is 27.8 Å². The van der Waals surface area contributed by atoms with Crippen LogP contribution in [-0.4, -0.2) is 17.0 Å². The lowest BCUT2D eigenvalue weighted by molar-refractivity contribution is -0.385. The smallest absolute Gasteiger partial charge is 0.417 e. The monoisotopic (exact) mass is 354 g/mol. The van der Waals surface area contributed by atoms with Gasteiger partial charge in [0.15, 0.2) is 0 Å². The van der Waals surface area contributed by atoms with Gasteiger partial charge in [-0.2, -0.15) is 13.2 Å². The first-order chi connectivity index (χ1) is 11.3. The van der Waals surface area contributed by atoms with Crippen molar-refractivity contribution in [1.29, 1.82) is 0 Å². The molecular weight excluding hydrogens is 345 g/mol. The molecule has 0 fully saturated rings. The number of nitro benzene ring substituents is 1. The molecule has 0 atom stereocenters. The van der Waals surface area contributed by atoms with Crippen LogP contribution in [-0.2, 0) is 6.18 Å². The van der Waals surface area contributed by atoms with Crippen LogP contribution in [0.15, 0.2) is 36.4 Å². The fraction of sp³-hybridized carbons (Fsp3) is 0.133. The SMILES string of the molecule is COc1ccc2nc(-c3ccc([N+](=O)[O-])cc3C(F)(F)F)sc2c1. The van der Waals surface area contributed by atoms with Gasteiger partial charge >= 0.3 is 6.18 Å². The van der Waals surface area contributed by atoms with Gasteiger partial charge in [0.1, 0.15) is 10.8 Å². The Morgan fingerprint density at radius 2 is 1.96 bits per heavy atom. The maximum Gasteiger partial charge on any atom is 0.417 e. The van der Waals surface area contributed by atoms with Crippen LogP contribution < -0.4 is 4.74 Å². The lowest BCUT2D eigenvalue weighted by atomic mass is 10.1. The summed E-state index contributed by atoms with van der Waals surface area (Å²) in [6.45, 7) is 0. The van der Waals surface area contributed by atoms with E-state index in [9.17, 15) is 23.3 Å². The molecule has 0 bridgehead atoms. The van der Waals surface area contributed by atoms with Gasteiger partial charge in [0.2, 0.25) is 0 Å². The van der Waals surface area contributed by atoms with Crippen molar-refractivity contribution >= 4 is 27.2 Å². The van der Waals surface area contributed by atoms with Crippen LogP contribution in [0.3, 0.4) is 0 Å². The number of fused-ring (bicyclic) bond motifs is 1. The zero-order valence-electron chi connectivity index (χ0n) is 12.1. The quantitative estimate of drug-likeness (QED) is 0.496. The summed E-state index contributed by atoms with van der Waals surface area (Å²) in [5, 5.41) is 10.9. The third kappa shape index (κ3) is 2.90. The standard InChI is InChI=1S/C15H9F3N2O3S/c1-23-9-3-5-12-13(7-9)24-14(19-12)10-4-2-8(20(21)22)6-11(10)15(16,17)18/h2-7H,1H3. The maximum atomic E-state index is 13.3. The molecule has 0 spiro atoms. The predicted molar refractivity (Wildman–Crippen MR) is 83.3 cm³/mol. The van der Waals surface area contributed by atoms with Crippen LogP contribution in [0.1, 0.15) is 5.56 Å². The highest BCUT2D eigenvalue weighted by atomic mass is 32.1. The van der Waals surface area contributed by atoms with E-state index in [2.05, 4.69) is 4.98 Å². The Morgan fingerprint density at radius 1 is 1.21 bits per heavy atom. The van der Waals surface area contributed by atoms with Crippen molar-refractivity contribution in [2.45, 2.75) is 6.18 Å². The van der Waals surface area contributed by atoms with Crippen LogP contribution in [0.4, 0.5) is 18.9 Å². The van der Waals surface area contributed by atoms with Gasteiger partial charge in [-0.3, -0.25) is 10.1 Å². The summed E-state index contributed by atoms with van der Waals surface area (Å²) in [4.78, 5) is 14.1. The molecule has 0 saturated carbocycles. The second kappa shape index (κ2) is 5.75. The molecule has 0 saturated heterocycles. The highest BCUT2D eigenvalue weighted by Gasteiger charge is 2.36. The number of thiazole rings is 1. The van der Waals surface area contributed by atoms with Crippen LogP contribution in [0.5, 0.6) is 5.75 Å². The lowest BCUT2D eigenvalue weighted by Gasteiger charge is -2.10. The average Bonchev–Trinajstić information content (AvgIpc) is 2.96. The number of methoxy groups -OCH3 is 1. The van der Waals surface area contributed by atoms with Crippen LogP contribution in [0.25, 0.3) is 20.8 Å². The second-order valence-electron chi connectivity index (χ2n) is 4.84. The number of hydrogen-bond donors (Lipinski definition) is 0. The second-order valence-corrected chi connectivity index (χ2v) is 5.87. The van der Waals surface area contributed by atoms with Gasteiger partial charge in [-0.25, -0.2) is 4.98 Å². The minimum atomic E-state index is -4.73. The molecule has 0 aliphatic carbocycles. The molecule has 0 radical (unpaired) electrons. The lowest BCUT2D eigenvalue weighted by Crippen LogP contribution is -2.08. The molecule has 0 aliphatic rings. The topological polar surface area (TPSA) is 65.3 Å². The molecular formula is C15H9F3N2O3S. The third-order valence-corrected chi connectivity index (χ3v) is 4.40. The summed E-state index contributed by atoms with van der Waals surface area (Å²) < 4.78 is 45.6. The number of benzene rings is 2. The van der Waals surface area contributed by atoms with Crippen molar-refractivity contribution in [3.05, 3.63) is 52.1 Å². The Kier molecular flexibility index (Phi) is 3.88. The molecule has 0 N–H and O–H groups in total. The summed E-state index contributed by atoms with van der Waals surface area (Å²) in [5.74, 6) is 0.567. The molecule has 3 aromatic rings. The number of nitrogens with zero attached hydrogens (tertiary/aromatic N) is 2. The molecule has 24 heavy (non-hydrogen) atoms. The van der Waals surface area contributed by atoms with Crippen molar-refractivity contribution in [2.24, 2.45) is 0 Å². The van der Waals surface area contributed by atoms with E-state index in [1.807, 2.05) is 0 Å². The number of ether oxygens (including phenoxy) is 1. The summed E-state index contributed by atoms with van der Waals surface area (Å²) >= 11 is 1.06. The van der Waals surface area contributed by atoms with E-state index >= 15 is 0 Å². The van der Waals surface area contributed by atoms with Gasteiger partial charge in [-0.1, -0.05) is 0 Å². The largest absolute Gasteiger partial charge is 0.497 e. The number of hydrogen-bond acceptors (Lipinski definition) is 5. The number of aromatic nitrogens is 1. The normalized spacial score (nSPS) is 11.7. The first-order valence-corrected chi connectivity index (χ1v) is 7.42. The van der Waals surface area contributed by atoms with Crippen molar-refractivity contribution in [3.8, 4) is 16.3 Å². The fourth-order valence-corrected chi connectivity index (χ4v) is 3.25. The Labute approximate surface area is 137 Å². The maximum absolute atomic E-state index is 13.3. The van der Waals surface area contributed by atoms with Gasteiger partial charge in [0, 0.05) is 17.7 Å². The van der Waals surface area contributed by atoms with Crippen LogP contribution in [0.2, 0.25) is 0 Å². The zero-order valence-corrected chi connectivity index (χ0v) is 12.9. The average molecular weight is 354 g/mol. The van der Waals surface area contributed by atoms with Crippen molar-refractivity contribution < 1.29 is 22.8 Å². The fourth-order valence-electron chi connectivity index (χ4n) is 2.21. The molecule has 3 rings (SSSR count). The Morgan fingerprint density at radius 3 is 2.58 bits per heavy atom. The van der Waals surface area contributed by atoms with E-state index in [4.69, 9.17) is 4.74 Å². The number of non-ortho nitro benzene ring substituents is 1. The van der Waals surface area contributed by atoms with E-state index in [0.29, 0.717) is 22.0 Å². The Balaban J connectivity index is 2.19. The van der Waals surface area contributed by atoms with E-state index in [1.54, 1.807) is 18.2 Å². The molecule has 9 heteroatoms. The molecule has 124 valence electrons. The molecule has 1 aromatic heterocycles. The molecule has 1 heterocycles. The minimum Gasteiger partial charge on any atom is -0.497 e. The summed E-state index contributed by atoms with van der Waals surface area (Å²) in [5.41, 5.74) is -1.35. The summed E-state index contributed by atoms with van der Waals surface area (Å²) in [6.07, 6.45) is -4.73. The van der Waals surface area contributed by atoms with Crippen molar-refractivity contribution in [2.75, 3.05) is 7.11 Å². The number of alkyl halides is 3. The molecule has 0 aliphatic heterocycles. The van der Waals surface area contributed by atoms with E-state index < -0.39 is 22.4 Å². The van der Waals surface area contributed by atoms with Crippen LogP contribution in [0, 0.1) is 10.1 Å². The number of nitro groups is 1. The predicted octanol–water partition coefficient (Wildman–Crippen LogP) is 4.90. The summed E-state index contributed by atoms with van der Waals surface area (Å²) in [6, 6.07) is 7.63. The van der Waals surface area contributed by atoms with Crippen LogP contribution >= 0.6 is 11.3 Å². The van der Waals surface area contributed by atoms with Gasteiger partial charge in [-0.05, 0) is 24.3 Å². The van der Waals surface area contributed by atoms with Gasteiger partial charge in [0.25, 0.3) is 5.69 Å². The van der Waals surface area contributed by atoms with Gasteiger partial charge in [-0.15, -0.1) is 11.3 Å². The van der Waals surface area contributed by atoms with Crippen molar-refractivity contribution in [1.82, 2.24) is 4.98 Å². The van der Waals surface area contributed by atoms with E-state index in [0.717, 1.165) is 23.5 Å². The zero-order chi connectivity index (χ0) is 17.5. The van der Waals surface area contributed by atoms with E-state index in [-0.39, 0.29) is 10.6 Å². The first kappa shape index (κ1) is 16.2. The molecule has 0 amide bonds. The highest BCUT2D eigenvalue weighted by Crippen LogP contribution is 2.41.